The van der Waals surface area contributed by atoms with Gasteiger partial charge in [-0.3, -0.25) is 25.0 Å². The molecule has 0 aliphatic rings. The van der Waals surface area contributed by atoms with Crippen LogP contribution in [-0.2, 0) is 17.9 Å². The molecule has 0 aliphatic heterocycles. The molecule has 0 saturated heterocycles. The fourth-order valence-electron chi connectivity index (χ4n) is 3.17. The Balaban J connectivity index is 1.30. The van der Waals surface area contributed by atoms with Gasteiger partial charge in [-0.1, -0.05) is 35.9 Å². The van der Waals surface area contributed by atoms with Crippen molar-refractivity contribution in [2.75, 3.05) is 0 Å². The number of hydrogen-bond donors (Lipinski definition) is 2. The van der Waals surface area contributed by atoms with Crippen molar-refractivity contribution in [2.24, 2.45) is 0 Å². The van der Waals surface area contributed by atoms with Crippen LogP contribution in [0.4, 0.5) is 0 Å². The van der Waals surface area contributed by atoms with Crippen LogP contribution >= 0.6 is 11.6 Å². The van der Waals surface area contributed by atoms with Gasteiger partial charge >= 0.3 is 5.76 Å². The molecule has 1 aromatic heterocycles. The number of nitrogens with one attached hydrogen (secondary N) is 2. The van der Waals surface area contributed by atoms with Crippen molar-refractivity contribution in [2.45, 2.75) is 20.1 Å². The molecule has 0 aliphatic carbocycles. The summed E-state index contributed by atoms with van der Waals surface area (Å²) >= 11 is 6.02. The van der Waals surface area contributed by atoms with Crippen molar-refractivity contribution in [1.29, 1.82) is 0 Å². The summed E-state index contributed by atoms with van der Waals surface area (Å²) < 4.78 is 12.0. The van der Waals surface area contributed by atoms with E-state index in [2.05, 4.69) is 10.9 Å². The van der Waals surface area contributed by atoms with Gasteiger partial charge < -0.3 is 9.15 Å². The maximum atomic E-state index is 12.3. The van der Waals surface area contributed by atoms with E-state index in [1.165, 1.54) is 4.57 Å². The van der Waals surface area contributed by atoms with Crippen molar-refractivity contribution in [3.05, 3.63) is 99.0 Å². The molecule has 4 rings (SSSR count). The number of fused-ring (bicyclic) bond motifs is 1. The molecule has 0 saturated carbocycles. The van der Waals surface area contributed by atoms with Crippen molar-refractivity contribution in [3.8, 4) is 5.75 Å². The fourth-order valence-corrected chi connectivity index (χ4v) is 3.29. The number of hydrogen-bond acceptors (Lipinski definition) is 5. The molecule has 0 bridgehead atoms. The first-order chi connectivity index (χ1) is 15.9. The minimum Gasteiger partial charge on any atom is -0.489 e. The Morgan fingerprint density at radius 2 is 1.79 bits per heavy atom. The average Bonchev–Trinajstić information content (AvgIpc) is 3.13. The predicted octanol–water partition coefficient (Wildman–Crippen LogP) is 3.60. The quantitative estimate of drug-likeness (QED) is 0.423. The Morgan fingerprint density at radius 3 is 2.55 bits per heavy atom. The molecule has 3 aromatic carbocycles. The molecule has 0 atom stereocenters. The Kier molecular flexibility index (Phi) is 6.46. The number of oxazole rings is 1. The van der Waals surface area contributed by atoms with Gasteiger partial charge in [-0.2, -0.15) is 0 Å². The lowest BCUT2D eigenvalue weighted by Crippen LogP contribution is -2.43. The number of carbonyl (C=O) groups excluding carboxylic acids is 2. The lowest BCUT2D eigenvalue weighted by atomic mass is 10.1. The third-order valence-electron chi connectivity index (χ3n) is 4.94. The van der Waals surface area contributed by atoms with Crippen molar-refractivity contribution in [1.82, 2.24) is 15.4 Å². The van der Waals surface area contributed by atoms with E-state index in [-0.39, 0.29) is 6.54 Å². The van der Waals surface area contributed by atoms with Gasteiger partial charge in [0.1, 0.15) is 18.9 Å². The zero-order valence-electron chi connectivity index (χ0n) is 17.6. The minimum atomic E-state index is -0.649. The smallest absolute Gasteiger partial charge is 0.420 e. The monoisotopic (exact) mass is 465 g/mol. The molecule has 0 spiro atoms. The van der Waals surface area contributed by atoms with E-state index >= 15 is 0 Å². The molecule has 1 heterocycles. The van der Waals surface area contributed by atoms with Crippen LogP contribution in [0.1, 0.15) is 21.5 Å². The molecule has 0 radical (unpaired) electrons. The number of carbonyl (C=O) groups is 2. The highest BCUT2D eigenvalue weighted by molar-refractivity contribution is 6.31. The molecule has 0 fully saturated rings. The molecule has 0 unspecified atom stereocenters. The molecule has 2 amide bonds. The van der Waals surface area contributed by atoms with Crippen LogP contribution in [-0.4, -0.2) is 16.4 Å². The Morgan fingerprint density at radius 1 is 1.03 bits per heavy atom. The predicted molar refractivity (Wildman–Crippen MR) is 123 cm³/mol. The van der Waals surface area contributed by atoms with Gasteiger partial charge in [0.05, 0.1) is 5.52 Å². The second-order valence-corrected chi connectivity index (χ2v) is 7.73. The van der Waals surface area contributed by atoms with E-state index in [9.17, 15) is 14.4 Å². The third-order valence-corrected chi connectivity index (χ3v) is 5.37. The number of amides is 2. The Bertz CT molecular complexity index is 1380. The summed E-state index contributed by atoms with van der Waals surface area (Å²) in [5, 5.41) is 0.676. The number of benzene rings is 3. The molecular formula is C24H20ClN3O5. The number of rotatable bonds is 6. The van der Waals surface area contributed by atoms with Crippen molar-refractivity contribution in [3.63, 3.8) is 0 Å². The van der Waals surface area contributed by atoms with Gasteiger partial charge in [0.2, 0.25) is 0 Å². The summed E-state index contributed by atoms with van der Waals surface area (Å²) in [6.45, 7) is 1.93. The maximum absolute atomic E-state index is 12.3. The fraction of sp³-hybridized carbons (Fsp3) is 0.125. The van der Waals surface area contributed by atoms with E-state index in [1.807, 2.05) is 13.0 Å². The normalized spacial score (nSPS) is 10.7. The second kappa shape index (κ2) is 9.62. The standard InChI is InChI=1S/C24H20ClN3O5/c1-15-12-18(10-11-19(15)25)32-14-16-6-8-17(9-7-16)23(30)27-26-22(29)13-28-20-4-2-3-5-21(20)33-24(28)31/h2-12H,13-14H2,1H3,(H,26,29)(H,27,30). The molecule has 4 aromatic rings. The molecule has 2 N–H and O–H groups in total. The van der Waals surface area contributed by atoms with Crippen LogP contribution in [0.5, 0.6) is 5.75 Å². The van der Waals surface area contributed by atoms with E-state index < -0.39 is 17.6 Å². The highest BCUT2D eigenvalue weighted by Gasteiger charge is 2.13. The summed E-state index contributed by atoms with van der Waals surface area (Å²) in [6.07, 6.45) is 0. The van der Waals surface area contributed by atoms with E-state index in [0.29, 0.717) is 34.0 Å². The zero-order chi connectivity index (χ0) is 23.4. The summed E-state index contributed by atoms with van der Waals surface area (Å²) in [5.74, 6) is -1.01. The summed E-state index contributed by atoms with van der Waals surface area (Å²) in [6, 6.07) is 19.0. The number of aryl methyl sites for hydroxylation is 1. The topological polar surface area (TPSA) is 103 Å². The van der Waals surface area contributed by atoms with Gasteiger partial charge in [0.15, 0.2) is 5.58 Å². The number of nitrogens with zero attached hydrogens (tertiary/aromatic N) is 1. The molecule has 9 heteroatoms. The highest BCUT2D eigenvalue weighted by Crippen LogP contribution is 2.22. The minimum absolute atomic E-state index is 0.295. The number of ether oxygens (including phenoxy) is 1. The average molecular weight is 466 g/mol. The van der Waals surface area contributed by atoms with Crippen LogP contribution < -0.4 is 21.3 Å². The van der Waals surface area contributed by atoms with Gasteiger partial charge in [-0.15, -0.1) is 0 Å². The van der Waals surface area contributed by atoms with E-state index in [1.54, 1.807) is 60.7 Å². The van der Waals surface area contributed by atoms with Crippen LogP contribution in [0.25, 0.3) is 11.1 Å². The van der Waals surface area contributed by atoms with Crippen LogP contribution in [0, 0.1) is 6.92 Å². The number of aromatic nitrogens is 1. The third kappa shape index (κ3) is 5.24. The van der Waals surface area contributed by atoms with Crippen LogP contribution in [0.15, 0.2) is 75.9 Å². The maximum Gasteiger partial charge on any atom is 0.420 e. The van der Waals surface area contributed by atoms with Crippen LogP contribution in [0.2, 0.25) is 5.02 Å². The molecular weight excluding hydrogens is 446 g/mol. The lowest BCUT2D eigenvalue weighted by molar-refractivity contribution is -0.122. The van der Waals surface area contributed by atoms with Crippen LogP contribution in [0.3, 0.4) is 0 Å². The Labute approximate surface area is 193 Å². The largest absolute Gasteiger partial charge is 0.489 e. The lowest BCUT2D eigenvalue weighted by Gasteiger charge is -2.10. The molecule has 8 nitrogen and oxygen atoms in total. The highest BCUT2D eigenvalue weighted by atomic mass is 35.5. The van der Waals surface area contributed by atoms with Crippen molar-refractivity contribution < 1.29 is 18.7 Å². The molecule has 33 heavy (non-hydrogen) atoms. The first kappa shape index (κ1) is 22.2. The summed E-state index contributed by atoms with van der Waals surface area (Å²) in [4.78, 5) is 36.5. The van der Waals surface area contributed by atoms with Gasteiger partial charge in [0.25, 0.3) is 11.8 Å². The first-order valence-corrected chi connectivity index (χ1v) is 10.4. The van der Waals surface area contributed by atoms with Crippen molar-refractivity contribution >= 4 is 34.5 Å². The van der Waals surface area contributed by atoms with Gasteiger partial charge in [0, 0.05) is 10.6 Å². The number of hydrazine groups is 1. The zero-order valence-corrected chi connectivity index (χ0v) is 18.4. The number of halogens is 1. The van der Waals surface area contributed by atoms with E-state index in [0.717, 1.165) is 11.1 Å². The second-order valence-electron chi connectivity index (χ2n) is 7.32. The summed E-state index contributed by atoms with van der Waals surface area (Å²) in [7, 11) is 0. The summed E-state index contributed by atoms with van der Waals surface area (Å²) in [5.41, 5.74) is 7.67. The van der Waals surface area contributed by atoms with Gasteiger partial charge in [-0.25, -0.2) is 4.79 Å². The SMILES string of the molecule is Cc1cc(OCc2ccc(C(=O)NNC(=O)Cn3c(=O)oc4ccccc43)cc2)ccc1Cl. The molecule has 168 valence electrons. The van der Waals surface area contributed by atoms with Gasteiger partial charge in [-0.05, 0) is 60.5 Å². The Hall–Kier alpha value is -4.04. The number of para-hydroxylation sites is 2. The van der Waals surface area contributed by atoms with E-state index in [4.69, 9.17) is 20.8 Å². The first-order valence-electron chi connectivity index (χ1n) is 10.1.